The zero-order chi connectivity index (χ0) is 25.1. The summed E-state index contributed by atoms with van der Waals surface area (Å²) in [6.07, 6.45) is 7.71. The molecule has 0 spiro atoms. The lowest BCUT2D eigenvalue weighted by atomic mass is 9.80. The summed E-state index contributed by atoms with van der Waals surface area (Å²) in [5.74, 6) is 0.104. The van der Waals surface area contributed by atoms with Crippen LogP contribution in [0.25, 0.3) is 11.3 Å². The number of carbonyl (C=O) groups excluding carboxylic acids is 1. The molecule has 3 fully saturated rings. The van der Waals surface area contributed by atoms with E-state index in [9.17, 15) is 18.0 Å². The van der Waals surface area contributed by atoms with E-state index in [2.05, 4.69) is 22.3 Å². The number of halogens is 3. The second-order valence-electron chi connectivity index (χ2n) is 11.4. The Morgan fingerprint density at radius 3 is 2.53 bits per heavy atom. The Labute approximate surface area is 212 Å². The smallest absolute Gasteiger partial charge is 0.391 e. The number of likely N-dealkylation sites (tertiary alicyclic amines) is 1. The first-order valence-corrected chi connectivity index (χ1v) is 13.9. The lowest BCUT2D eigenvalue weighted by molar-refractivity contribution is -0.184. The summed E-state index contributed by atoms with van der Waals surface area (Å²) < 4.78 is 44.6. The lowest BCUT2D eigenvalue weighted by Gasteiger charge is -2.38. The fraction of sp³-hybridized carbons (Fsp3) is 0.690. The van der Waals surface area contributed by atoms with E-state index in [1.807, 2.05) is 18.4 Å². The van der Waals surface area contributed by atoms with E-state index in [0.29, 0.717) is 24.8 Å². The number of carbonyl (C=O) groups is 1. The zero-order valence-electron chi connectivity index (χ0n) is 21.1. The third-order valence-electron chi connectivity index (χ3n) is 9.03. The van der Waals surface area contributed by atoms with Crippen LogP contribution < -0.4 is 5.32 Å². The highest BCUT2D eigenvalue weighted by Crippen LogP contribution is 2.40. The number of hydrogen-bond acceptors (Lipinski definition) is 3. The van der Waals surface area contributed by atoms with Gasteiger partial charge in [0.2, 0.25) is 5.91 Å². The molecular weight excluding hydrogens is 465 g/mol. The van der Waals surface area contributed by atoms with E-state index in [1.54, 1.807) is 0 Å². The van der Waals surface area contributed by atoms with Gasteiger partial charge in [-0.05, 0) is 102 Å². The second kappa shape index (κ2) is 11.2. The first-order chi connectivity index (χ1) is 17.4. The number of nitrogens with one attached hydrogen (secondary N) is 1. The van der Waals surface area contributed by atoms with Gasteiger partial charge in [-0.25, -0.2) is 0 Å². The van der Waals surface area contributed by atoms with Gasteiger partial charge in [-0.2, -0.15) is 13.2 Å². The Morgan fingerprint density at radius 1 is 1.00 bits per heavy atom. The van der Waals surface area contributed by atoms with Crippen LogP contribution >= 0.6 is 0 Å². The molecule has 2 heterocycles. The van der Waals surface area contributed by atoms with E-state index in [0.717, 1.165) is 44.5 Å². The monoisotopic (exact) mass is 504 g/mol. The number of piperidine rings is 1. The van der Waals surface area contributed by atoms with Crippen LogP contribution in [0.15, 0.2) is 34.9 Å². The van der Waals surface area contributed by atoms with Crippen LogP contribution in [0.4, 0.5) is 13.2 Å². The van der Waals surface area contributed by atoms with E-state index in [4.69, 9.17) is 4.42 Å². The van der Waals surface area contributed by atoms with Crippen molar-refractivity contribution in [2.45, 2.75) is 95.3 Å². The second-order valence-corrected chi connectivity index (χ2v) is 11.4. The van der Waals surface area contributed by atoms with Crippen molar-refractivity contribution in [3.8, 4) is 11.3 Å². The van der Waals surface area contributed by atoms with Gasteiger partial charge in [0.1, 0.15) is 5.76 Å². The predicted octanol–water partition coefficient (Wildman–Crippen LogP) is 7.35. The third-order valence-corrected chi connectivity index (χ3v) is 9.03. The molecule has 3 aliphatic carbocycles. The number of fused-ring (bicyclic) bond motifs is 1. The van der Waals surface area contributed by atoms with Crippen molar-refractivity contribution in [2.24, 2.45) is 17.8 Å². The van der Waals surface area contributed by atoms with Gasteiger partial charge in [0.25, 0.3) is 0 Å². The summed E-state index contributed by atoms with van der Waals surface area (Å²) in [6, 6.07) is 9.04. The minimum Gasteiger partial charge on any atom is -0.464 e. The van der Waals surface area contributed by atoms with Gasteiger partial charge in [-0.15, -0.1) is 0 Å². The lowest BCUT2D eigenvalue weighted by Crippen LogP contribution is -2.43. The van der Waals surface area contributed by atoms with Crippen molar-refractivity contribution in [1.29, 1.82) is 0 Å². The van der Waals surface area contributed by atoms with Gasteiger partial charge < -0.3 is 9.73 Å². The third kappa shape index (κ3) is 6.09. The fourth-order valence-corrected chi connectivity index (χ4v) is 6.75. The molecule has 2 saturated carbocycles. The molecule has 0 aromatic rings. The van der Waals surface area contributed by atoms with Crippen molar-refractivity contribution in [3.63, 3.8) is 0 Å². The van der Waals surface area contributed by atoms with Crippen molar-refractivity contribution >= 4 is 5.91 Å². The topological polar surface area (TPSA) is 45.5 Å². The van der Waals surface area contributed by atoms with Crippen molar-refractivity contribution in [2.75, 3.05) is 13.1 Å². The average molecular weight is 505 g/mol. The van der Waals surface area contributed by atoms with E-state index >= 15 is 0 Å². The van der Waals surface area contributed by atoms with Gasteiger partial charge in [0, 0.05) is 29.1 Å². The van der Waals surface area contributed by atoms with Crippen molar-refractivity contribution in [1.82, 2.24) is 10.2 Å². The molecule has 5 rings (SSSR count). The Balaban J connectivity index is 1.06. The number of nitrogens with zero attached hydrogens (tertiary/aromatic N) is 1. The Morgan fingerprint density at radius 2 is 1.78 bits per heavy atom. The molecule has 1 unspecified atom stereocenters. The van der Waals surface area contributed by atoms with Crippen LogP contribution in [0, 0.1) is 17.8 Å². The highest BCUT2D eigenvalue weighted by atomic mass is 19.4. The largest absolute Gasteiger partial charge is 0.464 e. The average Bonchev–Trinajstić information content (AvgIpc) is 3.36. The summed E-state index contributed by atoms with van der Waals surface area (Å²) in [6.45, 7) is 2.22. The molecule has 0 bridgehead atoms. The van der Waals surface area contributed by atoms with Crippen LogP contribution in [0.2, 0.25) is 0 Å². The molecule has 0 aromatic heterocycles. The van der Waals surface area contributed by atoms with E-state index < -0.39 is 12.1 Å². The van der Waals surface area contributed by atoms with Crippen LogP contribution in [-0.4, -0.2) is 36.1 Å². The summed E-state index contributed by atoms with van der Waals surface area (Å²) in [5.41, 5.74) is 2.45. The number of alkyl halides is 3. The molecular formula is C29H39F3N2O2. The molecule has 0 aromatic carbocycles. The maximum absolute atomic E-state index is 12.9. The zero-order valence-corrected chi connectivity index (χ0v) is 21.1. The van der Waals surface area contributed by atoms with Crippen LogP contribution in [0.1, 0.15) is 88.7 Å². The van der Waals surface area contributed by atoms with Gasteiger partial charge in [0.15, 0.2) is 0 Å². The van der Waals surface area contributed by atoms with Crippen LogP contribution in [0.3, 0.4) is 0 Å². The Bertz CT molecular complexity index is 958. The number of amides is 1. The highest BCUT2D eigenvalue weighted by Gasteiger charge is 2.42. The van der Waals surface area contributed by atoms with Gasteiger partial charge >= 0.3 is 6.18 Å². The molecule has 198 valence electrons. The van der Waals surface area contributed by atoms with E-state index in [-0.39, 0.29) is 30.7 Å². The molecule has 1 saturated heterocycles. The number of hydrogen-bond donors (Lipinski definition) is 1. The van der Waals surface area contributed by atoms with Crippen molar-refractivity contribution in [3.05, 3.63) is 36.1 Å². The van der Waals surface area contributed by atoms with Crippen molar-refractivity contribution < 1.29 is 22.4 Å². The minimum atomic E-state index is -4.12. The van der Waals surface area contributed by atoms with Gasteiger partial charge in [-0.1, -0.05) is 18.6 Å². The van der Waals surface area contributed by atoms with E-state index in [1.165, 1.54) is 36.8 Å². The summed E-state index contributed by atoms with van der Waals surface area (Å²) in [5, 5.41) is 3.17. The van der Waals surface area contributed by atoms with Crippen LogP contribution in [-0.2, 0) is 4.79 Å². The van der Waals surface area contributed by atoms with Gasteiger partial charge in [0.05, 0.1) is 12.2 Å². The first-order valence-electron chi connectivity index (χ1n) is 13.9. The maximum atomic E-state index is 12.9. The SMILES string of the molecule is O=C(NC1CCC(CCN2CCCCC2c2coc3cccc-3c2)CC1)C1CCC(C(F)(F)F)CC1. The quantitative estimate of drug-likeness (QED) is 0.447. The summed E-state index contributed by atoms with van der Waals surface area (Å²) >= 11 is 0. The molecule has 36 heavy (non-hydrogen) atoms. The Hall–Kier alpha value is -2.02. The molecule has 7 heteroatoms. The maximum Gasteiger partial charge on any atom is 0.391 e. The molecule has 1 atom stereocenters. The summed E-state index contributed by atoms with van der Waals surface area (Å²) in [4.78, 5) is 15.3. The minimum absolute atomic E-state index is 0.0255. The highest BCUT2D eigenvalue weighted by molar-refractivity contribution is 5.79. The predicted molar refractivity (Wildman–Crippen MR) is 134 cm³/mol. The van der Waals surface area contributed by atoms with Crippen LogP contribution in [0.5, 0.6) is 0 Å². The molecule has 1 N–H and O–H groups in total. The summed E-state index contributed by atoms with van der Waals surface area (Å²) in [7, 11) is 0. The number of rotatable bonds is 6. The molecule has 5 aliphatic rings. The molecule has 1 amide bonds. The first kappa shape index (κ1) is 25.6. The fourth-order valence-electron chi connectivity index (χ4n) is 6.75. The molecule has 4 nitrogen and oxygen atoms in total. The Kier molecular flexibility index (Phi) is 7.94. The van der Waals surface area contributed by atoms with Gasteiger partial charge in [-0.3, -0.25) is 9.69 Å². The molecule has 2 aliphatic heterocycles. The standard InChI is InChI=1S/C29H39F3N2O2/c30-29(31,32)24-11-9-21(10-12-24)28(35)33-25-13-7-20(8-14-25)15-17-34-16-2-1-5-26(34)23-18-22-4-3-6-27(22)36-19-23/h3-4,6,18-21,24-26H,1-2,5,7-17H2,(H,33,35). The molecule has 0 radical (unpaired) electrons. The normalized spacial score (nSPS) is 30.4.